The van der Waals surface area contributed by atoms with Crippen LogP contribution < -0.4 is 5.32 Å². The summed E-state index contributed by atoms with van der Waals surface area (Å²) in [6.07, 6.45) is 3.63. The molecule has 1 heteroatoms. The Bertz CT molecular complexity index is 230. The first-order chi connectivity index (χ1) is 6.83. The van der Waals surface area contributed by atoms with Crippen molar-refractivity contribution in [2.24, 2.45) is 0 Å². The molecule has 1 N–H and O–H groups in total. The molecule has 0 fully saturated rings. The maximum Gasteiger partial charge on any atom is 0.00361 e. The maximum absolute atomic E-state index is 3.50. The number of aryl methyl sites for hydroxylation is 1. The van der Waals surface area contributed by atoms with Gasteiger partial charge in [-0.2, -0.15) is 0 Å². The zero-order valence-corrected chi connectivity index (χ0v) is 9.29. The highest BCUT2D eigenvalue weighted by molar-refractivity contribution is 5.14. The molecule has 1 aromatic rings. The van der Waals surface area contributed by atoms with Crippen LogP contribution in [0.4, 0.5) is 0 Å². The smallest absolute Gasteiger partial charge is 0.00361 e. The largest absolute Gasteiger partial charge is 0.314 e. The minimum Gasteiger partial charge on any atom is -0.314 e. The van der Waals surface area contributed by atoms with E-state index in [2.05, 4.69) is 49.5 Å². The Morgan fingerprint density at radius 3 is 2.57 bits per heavy atom. The van der Waals surface area contributed by atoms with Crippen molar-refractivity contribution in [3.63, 3.8) is 0 Å². The molecule has 1 unspecified atom stereocenters. The van der Waals surface area contributed by atoms with E-state index in [0.29, 0.717) is 6.04 Å². The van der Waals surface area contributed by atoms with Crippen LogP contribution in [-0.2, 0) is 6.42 Å². The van der Waals surface area contributed by atoms with Gasteiger partial charge in [0.15, 0.2) is 0 Å². The molecule has 0 aromatic heterocycles. The molecule has 78 valence electrons. The molecule has 1 aromatic carbocycles. The lowest BCUT2D eigenvalue weighted by molar-refractivity contribution is 0.524. The molecule has 0 saturated heterocycles. The SMILES string of the molecule is CCC(C)NCCCc1ccccc1. The number of hydrogen-bond acceptors (Lipinski definition) is 1. The highest BCUT2D eigenvalue weighted by atomic mass is 14.9. The van der Waals surface area contributed by atoms with Gasteiger partial charge in [0.25, 0.3) is 0 Å². The van der Waals surface area contributed by atoms with Gasteiger partial charge in [-0.15, -0.1) is 0 Å². The van der Waals surface area contributed by atoms with E-state index in [1.54, 1.807) is 0 Å². The molecule has 1 rings (SSSR count). The lowest BCUT2D eigenvalue weighted by Crippen LogP contribution is -2.26. The summed E-state index contributed by atoms with van der Waals surface area (Å²) < 4.78 is 0. The molecule has 1 atom stereocenters. The first-order valence-electron chi connectivity index (χ1n) is 5.60. The summed E-state index contributed by atoms with van der Waals surface area (Å²) >= 11 is 0. The van der Waals surface area contributed by atoms with Crippen LogP contribution in [0.25, 0.3) is 0 Å². The molecule has 0 spiro atoms. The topological polar surface area (TPSA) is 12.0 Å². The fraction of sp³-hybridized carbons (Fsp3) is 0.538. The van der Waals surface area contributed by atoms with Gasteiger partial charge in [0.05, 0.1) is 0 Å². The van der Waals surface area contributed by atoms with E-state index in [0.717, 1.165) is 6.54 Å². The number of benzene rings is 1. The maximum atomic E-state index is 3.50. The molecular weight excluding hydrogens is 170 g/mol. The second kappa shape index (κ2) is 6.61. The summed E-state index contributed by atoms with van der Waals surface area (Å²) in [7, 11) is 0. The summed E-state index contributed by atoms with van der Waals surface area (Å²) in [6, 6.07) is 11.3. The van der Waals surface area contributed by atoms with Crippen LogP contribution in [0.3, 0.4) is 0 Å². The molecule has 0 bridgehead atoms. The predicted molar refractivity (Wildman–Crippen MR) is 62.5 cm³/mol. The molecule has 0 amide bonds. The molecule has 0 saturated carbocycles. The molecule has 0 aliphatic carbocycles. The standard InChI is InChI=1S/C13H21N/c1-3-12(2)14-11-7-10-13-8-5-4-6-9-13/h4-6,8-9,12,14H,3,7,10-11H2,1-2H3. The van der Waals surface area contributed by atoms with Gasteiger partial charge in [0.2, 0.25) is 0 Å². The van der Waals surface area contributed by atoms with Crippen LogP contribution in [0.15, 0.2) is 30.3 Å². The predicted octanol–water partition coefficient (Wildman–Crippen LogP) is 3.01. The van der Waals surface area contributed by atoms with E-state index in [1.165, 1.54) is 24.8 Å². The lowest BCUT2D eigenvalue weighted by atomic mass is 10.1. The van der Waals surface area contributed by atoms with Crippen molar-refractivity contribution in [1.82, 2.24) is 5.32 Å². The van der Waals surface area contributed by atoms with Crippen LogP contribution in [0.1, 0.15) is 32.3 Å². The van der Waals surface area contributed by atoms with Crippen molar-refractivity contribution < 1.29 is 0 Å². The second-order valence-electron chi connectivity index (χ2n) is 3.85. The quantitative estimate of drug-likeness (QED) is 0.682. The van der Waals surface area contributed by atoms with Crippen molar-refractivity contribution in [3.05, 3.63) is 35.9 Å². The Morgan fingerprint density at radius 1 is 1.21 bits per heavy atom. The third-order valence-electron chi connectivity index (χ3n) is 2.59. The van der Waals surface area contributed by atoms with E-state index in [4.69, 9.17) is 0 Å². The minimum absolute atomic E-state index is 0.658. The van der Waals surface area contributed by atoms with E-state index in [1.807, 2.05) is 0 Å². The molecule has 1 nitrogen and oxygen atoms in total. The lowest BCUT2D eigenvalue weighted by Gasteiger charge is -2.10. The van der Waals surface area contributed by atoms with Crippen molar-refractivity contribution in [1.29, 1.82) is 0 Å². The van der Waals surface area contributed by atoms with Crippen LogP contribution in [0, 0.1) is 0 Å². The number of rotatable bonds is 6. The minimum atomic E-state index is 0.658. The van der Waals surface area contributed by atoms with Crippen molar-refractivity contribution in [3.8, 4) is 0 Å². The number of nitrogens with one attached hydrogen (secondary N) is 1. The van der Waals surface area contributed by atoms with Crippen LogP contribution in [0.2, 0.25) is 0 Å². The van der Waals surface area contributed by atoms with Crippen LogP contribution >= 0.6 is 0 Å². The van der Waals surface area contributed by atoms with Crippen molar-refractivity contribution in [2.75, 3.05) is 6.54 Å². The fourth-order valence-electron chi connectivity index (χ4n) is 1.43. The van der Waals surface area contributed by atoms with Gasteiger partial charge in [-0.25, -0.2) is 0 Å². The van der Waals surface area contributed by atoms with E-state index >= 15 is 0 Å². The van der Waals surface area contributed by atoms with Crippen molar-refractivity contribution >= 4 is 0 Å². The Labute approximate surface area is 87.5 Å². The first kappa shape index (κ1) is 11.3. The van der Waals surface area contributed by atoms with Gasteiger partial charge in [0.1, 0.15) is 0 Å². The number of hydrogen-bond donors (Lipinski definition) is 1. The fourth-order valence-corrected chi connectivity index (χ4v) is 1.43. The molecular formula is C13H21N. The molecule has 0 heterocycles. The summed E-state index contributed by atoms with van der Waals surface area (Å²) in [5, 5.41) is 3.50. The van der Waals surface area contributed by atoms with Crippen LogP contribution in [-0.4, -0.2) is 12.6 Å². The van der Waals surface area contributed by atoms with Gasteiger partial charge in [-0.3, -0.25) is 0 Å². The Hall–Kier alpha value is -0.820. The average Bonchev–Trinajstić information content (AvgIpc) is 2.25. The zero-order valence-electron chi connectivity index (χ0n) is 9.29. The monoisotopic (exact) mass is 191 g/mol. The van der Waals surface area contributed by atoms with Gasteiger partial charge in [-0.1, -0.05) is 37.3 Å². The Morgan fingerprint density at radius 2 is 1.93 bits per heavy atom. The molecule has 0 aliphatic rings. The normalized spacial score (nSPS) is 12.7. The second-order valence-corrected chi connectivity index (χ2v) is 3.85. The molecule has 14 heavy (non-hydrogen) atoms. The van der Waals surface area contributed by atoms with Gasteiger partial charge in [-0.05, 0) is 38.3 Å². The summed E-state index contributed by atoms with van der Waals surface area (Å²) in [6.45, 7) is 5.58. The van der Waals surface area contributed by atoms with Gasteiger partial charge < -0.3 is 5.32 Å². The third-order valence-corrected chi connectivity index (χ3v) is 2.59. The first-order valence-corrected chi connectivity index (χ1v) is 5.60. The summed E-state index contributed by atoms with van der Waals surface area (Å²) in [4.78, 5) is 0. The van der Waals surface area contributed by atoms with Gasteiger partial charge >= 0.3 is 0 Å². The molecule has 0 radical (unpaired) electrons. The Balaban J connectivity index is 2.10. The van der Waals surface area contributed by atoms with Crippen LogP contribution in [0.5, 0.6) is 0 Å². The van der Waals surface area contributed by atoms with E-state index < -0.39 is 0 Å². The van der Waals surface area contributed by atoms with Gasteiger partial charge in [0, 0.05) is 6.04 Å². The van der Waals surface area contributed by atoms with Crippen molar-refractivity contribution in [2.45, 2.75) is 39.2 Å². The average molecular weight is 191 g/mol. The molecule has 0 aliphatic heterocycles. The highest BCUT2D eigenvalue weighted by Crippen LogP contribution is 2.01. The zero-order chi connectivity index (χ0) is 10.2. The highest BCUT2D eigenvalue weighted by Gasteiger charge is 1.96. The van der Waals surface area contributed by atoms with E-state index in [9.17, 15) is 0 Å². The van der Waals surface area contributed by atoms with E-state index in [-0.39, 0.29) is 0 Å². The Kier molecular flexibility index (Phi) is 5.31. The summed E-state index contributed by atoms with van der Waals surface area (Å²) in [5.74, 6) is 0. The third kappa shape index (κ3) is 4.43. The summed E-state index contributed by atoms with van der Waals surface area (Å²) in [5.41, 5.74) is 1.44.